The highest BCUT2D eigenvalue weighted by Crippen LogP contribution is 2.32. The lowest BCUT2D eigenvalue weighted by Crippen LogP contribution is -2.12. The molecule has 102 valence electrons. The summed E-state index contributed by atoms with van der Waals surface area (Å²) in [7, 11) is 0. The van der Waals surface area contributed by atoms with Crippen molar-refractivity contribution in [2.24, 2.45) is 0 Å². The number of nitro groups is 1. The van der Waals surface area contributed by atoms with Gasteiger partial charge in [-0.1, -0.05) is 6.07 Å². The maximum absolute atomic E-state index is 11.1. The summed E-state index contributed by atoms with van der Waals surface area (Å²) in [5, 5.41) is 27.7. The predicted octanol–water partition coefficient (Wildman–Crippen LogP) is 1.58. The van der Waals surface area contributed by atoms with Gasteiger partial charge in [-0.3, -0.25) is 14.9 Å². The van der Waals surface area contributed by atoms with Crippen LogP contribution in [-0.2, 0) is 9.59 Å². The van der Waals surface area contributed by atoms with Crippen molar-refractivity contribution in [1.29, 1.82) is 0 Å². The molecule has 0 aromatic heterocycles. The number of alkyl halides is 1. The van der Waals surface area contributed by atoms with Crippen molar-refractivity contribution < 1.29 is 24.7 Å². The van der Waals surface area contributed by atoms with Crippen LogP contribution < -0.4 is 0 Å². The number of carbonyl (C=O) groups excluding carboxylic acids is 1. The minimum atomic E-state index is -1.88. The fourth-order valence-electron chi connectivity index (χ4n) is 1.46. The zero-order chi connectivity index (χ0) is 14.7. The molecule has 0 bridgehead atoms. The predicted molar refractivity (Wildman–Crippen MR) is 65.0 cm³/mol. The van der Waals surface area contributed by atoms with E-state index >= 15 is 0 Å². The van der Waals surface area contributed by atoms with Crippen molar-refractivity contribution in [1.82, 2.24) is 0 Å². The van der Waals surface area contributed by atoms with Crippen molar-refractivity contribution in [3.05, 3.63) is 39.4 Å². The van der Waals surface area contributed by atoms with E-state index < -0.39 is 33.8 Å². The molecule has 7 nitrogen and oxygen atoms in total. The summed E-state index contributed by atoms with van der Waals surface area (Å²) in [6.07, 6.45) is -1.88. The van der Waals surface area contributed by atoms with Crippen LogP contribution in [0.2, 0.25) is 0 Å². The molecule has 2 N–H and O–H groups in total. The van der Waals surface area contributed by atoms with Crippen LogP contribution in [0.1, 0.15) is 29.5 Å². The van der Waals surface area contributed by atoms with Gasteiger partial charge in [-0.05, 0) is 18.6 Å². The first kappa shape index (κ1) is 15.1. The average Bonchev–Trinajstić information content (AvgIpc) is 2.35. The molecule has 1 aromatic carbocycles. The normalized spacial score (nSPS) is 13.6. The third-order valence-corrected chi connectivity index (χ3v) is 2.97. The number of rotatable bonds is 5. The summed E-state index contributed by atoms with van der Waals surface area (Å²) >= 11 is 5.75. The van der Waals surface area contributed by atoms with Gasteiger partial charge in [0.05, 0.1) is 10.5 Å². The van der Waals surface area contributed by atoms with Crippen LogP contribution >= 0.6 is 11.6 Å². The molecular formula is C11H10ClNO6. The summed E-state index contributed by atoms with van der Waals surface area (Å²) in [6.45, 7) is 1.18. The van der Waals surface area contributed by atoms with Crippen LogP contribution in [0.3, 0.4) is 0 Å². The van der Waals surface area contributed by atoms with Crippen LogP contribution in [-0.4, -0.2) is 26.9 Å². The smallest absolute Gasteiger partial charge is 0.337 e. The van der Waals surface area contributed by atoms with Gasteiger partial charge >= 0.3 is 5.97 Å². The van der Waals surface area contributed by atoms with Crippen LogP contribution in [0.25, 0.3) is 0 Å². The van der Waals surface area contributed by atoms with Gasteiger partial charge in [0.25, 0.3) is 5.69 Å². The first-order valence-corrected chi connectivity index (χ1v) is 5.53. The van der Waals surface area contributed by atoms with Crippen molar-refractivity contribution in [3.63, 3.8) is 0 Å². The Bertz CT molecular complexity index is 544. The number of carboxylic acid groups (broad SMARTS) is 1. The standard InChI is InChI=1S/C11H10ClNO6/c1-5(14)9(12)7-3-2-6(10(15)11(16)17)4-8(7)13(18)19/h2-4,9-10,15H,1H3,(H,16,17). The van der Waals surface area contributed by atoms with Gasteiger partial charge in [-0.2, -0.15) is 0 Å². The first-order chi connectivity index (χ1) is 8.75. The highest BCUT2D eigenvalue weighted by atomic mass is 35.5. The minimum Gasteiger partial charge on any atom is -0.479 e. The lowest BCUT2D eigenvalue weighted by Gasteiger charge is -2.10. The SMILES string of the molecule is CC(=O)C(Cl)c1ccc(C(O)C(=O)O)cc1[N+](=O)[O-]. The minimum absolute atomic E-state index is 0.0412. The van der Waals surface area contributed by atoms with Crippen LogP contribution in [0.15, 0.2) is 18.2 Å². The molecule has 0 aliphatic rings. The number of aliphatic hydroxyl groups is 1. The van der Waals surface area contributed by atoms with Gasteiger partial charge < -0.3 is 10.2 Å². The van der Waals surface area contributed by atoms with E-state index in [4.69, 9.17) is 16.7 Å². The topological polar surface area (TPSA) is 118 Å². The second kappa shape index (κ2) is 5.77. The summed E-state index contributed by atoms with van der Waals surface area (Å²) in [5.74, 6) is -2.01. The van der Waals surface area contributed by atoms with Crippen molar-refractivity contribution in [3.8, 4) is 0 Å². The third kappa shape index (κ3) is 3.27. The summed E-state index contributed by atoms with van der Waals surface area (Å²) in [4.78, 5) is 31.9. The maximum Gasteiger partial charge on any atom is 0.337 e. The molecular weight excluding hydrogens is 278 g/mol. The Labute approximate surface area is 112 Å². The van der Waals surface area contributed by atoms with E-state index in [9.17, 15) is 24.8 Å². The van der Waals surface area contributed by atoms with Crippen molar-refractivity contribution >= 4 is 29.0 Å². The molecule has 2 atom stereocenters. The summed E-state index contributed by atoms with van der Waals surface area (Å²) in [6, 6.07) is 3.24. The molecule has 0 amide bonds. The first-order valence-electron chi connectivity index (χ1n) is 5.09. The lowest BCUT2D eigenvalue weighted by atomic mass is 10.0. The molecule has 19 heavy (non-hydrogen) atoms. The zero-order valence-corrected chi connectivity index (χ0v) is 10.5. The molecule has 0 spiro atoms. The number of Topliss-reactive ketones (excluding diaryl/α,β-unsaturated/α-hetero) is 1. The van der Waals surface area contributed by atoms with Gasteiger partial charge in [0.2, 0.25) is 0 Å². The molecule has 0 aliphatic heterocycles. The largest absolute Gasteiger partial charge is 0.479 e. The second-order valence-electron chi connectivity index (χ2n) is 3.79. The lowest BCUT2D eigenvalue weighted by molar-refractivity contribution is -0.385. The third-order valence-electron chi connectivity index (χ3n) is 2.43. The number of carboxylic acids is 1. The molecule has 0 saturated carbocycles. The number of halogens is 1. The van der Waals surface area contributed by atoms with Gasteiger partial charge in [0.15, 0.2) is 11.9 Å². The highest BCUT2D eigenvalue weighted by molar-refractivity contribution is 6.31. The number of nitrogens with zero attached hydrogens (tertiary/aromatic N) is 1. The Hall–Kier alpha value is -1.99. The average molecular weight is 288 g/mol. The van der Waals surface area contributed by atoms with Gasteiger partial charge in [0.1, 0.15) is 5.38 Å². The Morgan fingerprint density at radius 3 is 2.42 bits per heavy atom. The fraction of sp³-hybridized carbons (Fsp3) is 0.273. The molecule has 0 saturated heterocycles. The summed E-state index contributed by atoms with van der Waals surface area (Å²) < 4.78 is 0. The van der Waals surface area contributed by atoms with E-state index in [1.807, 2.05) is 0 Å². The number of hydrogen-bond acceptors (Lipinski definition) is 5. The number of hydrogen-bond donors (Lipinski definition) is 2. The van der Waals surface area contributed by atoms with E-state index in [1.165, 1.54) is 19.1 Å². The number of benzene rings is 1. The molecule has 0 aliphatic carbocycles. The number of aliphatic hydroxyl groups excluding tert-OH is 1. The molecule has 1 aromatic rings. The van der Waals surface area contributed by atoms with Crippen molar-refractivity contribution in [2.45, 2.75) is 18.4 Å². The zero-order valence-electron chi connectivity index (χ0n) is 9.74. The second-order valence-corrected chi connectivity index (χ2v) is 4.23. The molecule has 1 rings (SSSR count). The molecule has 0 fully saturated rings. The van der Waals surface area contributed by atoms with Gasteiger partial charge in [0, 0.05) is 6.07 Å². The number of nitro benzene ring substituents is 1. The van der Waals surface area contributed by atoms with E-state index in [0.29, 0.717) is 0 Å². The van der Waals surface area contributed by atoms with E-state index in [0.717, 1.165) is 6.07 Å². The maximum atomic E-state index is 11.1. The molecule has 0 heterocycles. The van der Waals surface area contributed by atoms with Crippen LogP contribution in [0.4, 0.5) is 5.69 Å². The van der Waals surface area contributed by atoms with Crippen LogP contribution in [0.5, 0.6) is 0 Å². The van der Waals surface area contributed by atoms with Crippen LogP contribution in [0, 0.1) is 10.1 Å². The Morgan fingerprint density at radius 1 is 1.42 bits per heavy atom. The Balaban J connectivity index is 3.34. The van der Waals surface area contributed by atoms with Crippen molar-refractivity contribution in [2.75, 3.05) is 0 Å². The summed E-state index contributed by atoms with van der Waals surface area (Å²) in [5.41, 5.74) is -0.705. The van der Waals surface area contributed by atoms with Gasteiger partial charge in [-0.15, -0.1) is 11.6 Å². The molecule has 8 heteroatoms. The van der Waals surface area contributed by atoms with Gasteiger partial charge in [-0.25, -0.2) is 4.79 Å². The quantitative estimate of drug-likeness (QED) is 0.482. The number of aliphatic carboxylic acids is 1. The number of ketones is 1. The molecule has 2 unspecified atom stereocenters. The van der Waals surface area contributed by atoms with E-state index in [-0.39, 0.29) is 11.1 Å². The van der Waals surface area contributed by atoms with E-state index in [2.05, 4.69) is 0 Å². The highest BCUT2D eigenvalue weighted by Gasteiger charge is 2.26. The molecule has 0 radical (unpaired) electrons. The van der Waals surface area contributed by atoms with E-state index in [1.54, 1.807) is 0 Å². The Morgan fingerprint density at radius 2 is 2.00 bits per heavy atom. The fourth-order valence-corrected chi connectivity index (χ4v) is 1.65. The number of carbonyl (C=O) groups is 2. The monoisotopic (exact) mass is 287 g/mol. The Kier molecular flexibility index (Phi) is 4.57.